The summed E-state index contributed by atoms with van der Waals surface area (Å²) in [6.45, 7) is 4.51. The molecule has 0 spiro atoms. The number of likely N-dealkylation sites (N-methyl/N-ethyl adjacent to an activating group) is 1. The average molecular weight is 489 g/mol. The number of β-amino-alcohol motifs (C(OH)–C–C–N with tert-alkyl or cyclic N) is 1. The molecule has 1 atom stereocenters. The lowest BCUT2D eigenvalue weighted by atomic mass is 9.88. The summed E-state index contributed by atoms with van der Waals surface area (Å²) in [4.78, 5) is 10.8. The Morgan fingerprint density at radius 1 is 1.12 bits per heavy atom. The van der Waals surface area contributed by atoms with E-state index in [4.69, 9.17) is 5.11 Å². The molecule has 0 heterocycles. The van der Waals surface area contributed by atoms with E-state index in [1.165, 1.54) is 30.3 Å². The van der Waals surface area contributed by atoms with Crippen LogP contribution in [0.4, 0.5) is 0 Å². The van der Waals surface area contributed by atoms with Gasteiger partial charge in [0.15, 0.2) is 0 Å². The highest BCUT2D eigenvalue weighted by molar-refractivity contribution is 7.89. The van der Waals surface area contributed by atoms with E-state index in [1.54, 1.807) is 12.1 Å². The summed E-state index contributed by atoms with van der Waals surface area (Å²) in [6, 6.07) is 14.8. The molecule has 7 nitrogen and oxygen atoms in total. The van der Waals surface area contributed by atoms with Gasteiger partial charge in [-0.05, 0) is 74.3 Å². The van der Waals surface area contributed by atoms with Crippen LogP contribution in [0.15, 0.2) is 53.4 Å². The van der Waals surface area contributed by atoms with E-state index >= 15 is 0 Å². The van der Waals surface area contributed by atoms with Crippen LogP contribution in [0.3, 0.4) is 0 Å². The Labute approximate surface area is 202 Å². The molecule has 0 radical (unpaired) electrons. The van der Waals surface area contributed by atoms with Crippen LogP contribution in [0.1, 0.15) is 43.4 Å². The zero-order valence-electron chi connectivity index (χ0n) is 20.2. The number of nitrogens with zero attached hydrogens (tertiary/aromatic N) is 1. The fourth-order valence-electron chi connectivity index (χ4n) is 4.70. The van der Waals surface area contributed by atoms with Gasteiger partial charge in [-0.1, -0.05) is 36.4 Å². The molecule has 1 aliphatic carbocycles. The predicted molar refractivity (Wildman–Crippen MR) is 132 cm³/mol. The van der Waals surface area contributed by atoms with E-state index in [0.717, 1.165) is 29.1 Å². The zero-order valence-corrected chi connectivity index (χ0v) is 21.0. The van der Waals surface area contributed by atoms with Crippen molar-refractivity contribution in [3.8, 4) is 0 Å². The van der Waals surface area contributed by atoms with E-state index < -0.39 is 22.1 Å². The number of hydrogen-bond acceptors (Lipinski definition) is 5. The number of fused-ring (bicyclic) bond motifs is 1. The number of sulfonamides is 1. The zero-order chi connectivity index (χ0) is 24.9. The van der Waals surface area contributed by atoms with Crippen molar-refractivity contribution >= 4 is 16.0 Å². The summed E-state index contributed by atoms with van der Waals surface area (Å²) in [7, 11) is -2.30. The largest absolute Gasteiger partial charge is 0.481 e. The predicted octanol–water partition coefficient (Wildman–Crippen LogP) is 2.86. The van der Waals surface area contributed by atoms with Gasteiger partial charge in [0.2, 0.25) is 10.0 Å². The second-order valence-corrected chi connectivity index (χ2v) is 12.0. The highest BCUT2D eigenvalue weighted by Gasteiger charge is 2.29. The normalized spacial score (nSPS) is 15.4. The molecule has 2 aromatic rings. The first-order valence-corrected chi connectivity index (χ1v) is 13.2. The quantitative estimate of drug-likeness (QED) is 0.424. The minimum absolute atomic E-state index is 0.00474. The molecule has 0 amide bonds. The second kappa shape index (κ2) is 11.0. The second-order valence-electron chi connectivity index (χ2n) is 9.99. The Balaban J connectivity index is 1.48. The molecule has 0 saturated carbocycles. The van der Waals surface area contributed by atoms with Crippen LogP contribution < -0.4 is 5.32 Å². The number of nitrogens with one attached hydrogen (secondary N) is 1. The van der Waals surface area contributed by atoms with Gasteiger partial charge < -0.3 is 15.5 Å². The van der Waals surface area contributed by atoms with Crippen molar-refractivity contribution in [1.82, 2.24) is 9.62 Å². The molecular weight excluding hydrogens is 452 g/mol. The van der Waals surface area contributed by atoms with Crippen LogP contribution in [0.2, 0.25) is 0 Å². The molecule has 1 aliphatic rings. The minimum Gasteiger partial charge on any atom is -0.481 e. The van der Waals surface area contributed by atoms with E-state index in [-0.39, 0.29) is 23.4 Å². The summed E-state index contributed by atoms with van der Waals surface area (Å²) in [5.41, 5.74) is 3.42. The first kappa shape index (κ1) is 26.3. The number of benzene rings is 2. The van der Waals surface area contributed by atoms with Crippen molar-refractivity contribution in [3.63, 3.8) is 0 Å². The summed E-state index contributed by atoms with van der Waals surface area (Å²) in [5, 5.41) is 22.7. The number of carbonyl (C=O) groups is 1. The number of aliphatic hydroxyl groups is 1. The third kappa shape index (κ3) is 7.12. The monoisotopic (exact) mass is 488 g/mol. The number of aliphatic carboxylic acids is 1. The smallest absolute Gasteiger partial charge is 0.303 e. The molecule has 8 heteroatoms. The Morgan fingerprint density at radius 3 is 2.26 bits per heavy atom. The van der Waals surface area contributed by atoms with Gasteiger partial charge in [0.05, 0.1) is 11.0 Å². The number of carboxylic acid groups (broad SMARTS) is 1. The molecule has 0 bridgehead atoms. The third-order valence-electron chi connectivity index (χ3n) is 6.48. The van der Waals surface area contributed by atoms with Gasteiger partial charge in [0, 0.05) is 32.1 Å². The van der Waals surface area contributed by atoms with E-state index in [2.05, 4.69) is 43.4 Å². The van der Waals surface area contributed by atoms with Gasteiger partial charge in [0.1, 0.15) is 0 Å². The van der Waals surface area contributed by atoms with Crippen molar-refractivity contribution in [2.75, 3.05) is 20.1 Å². The molecule has 2 aromatic carbocycles. The summed E-state index contributed by atoms with van der Waals surface area (Å²) < 4.78 is 26.9. The van der Waals surface area contributed by atoms with E-state index in [0.29, 0.717) is 18.9 Å². The highest BCUT2D eigenvalue weighted by Crippen LogP contribution is 2.31. The number of carboxylic acids is 1. The summed E-state index contributed by atoms with van der Waals surface area (Å²) >= 11 is 0. The minimum atomic E-state index is -3.76. The lowest BCUT2D eigenvalue weighted by Crippen LogP contribution is -2.47. The van der Waals surface area contributed by atoms with Gasteiger partial charge in [-0.25, -0.2) is 8.42 Å². The van der Waals surface area contributed by atoms with Gasteiger partial charge >= 0.3 is 5.97 Å². The molecule has 186 valence electrons. The Morgan fingerprint density at radius 2 is 1.71 bits per heavy atom. The standard InChI is InChI=1S/C26H36N2O5S/c1-26(2,16-20-14-21-6-4-5-7-22(21)15-20)27-17-23(29)18-28(3)34(32,33)24-11-8-19(9-12-24)10-13-25(30)31/h4-9,11-12,20,23,27,29H,10,13-18H2,1-3H3,(H,30,31). The van der Waals surface area contributed by atoms with E-state index in [9.17, 15) is 18.3 Å². The van der Waals surface area contributed by atoms with Crippen LogP contribution in [-0.4, -0.2) is 60.7 Å². The van der Waals surface area contributed by atoms with Crippen molar-refractivity contribution in [2.24, 2.45) is 5.92 Å². The highest BCUT2D eigenvalue weighted by atomic mass is 32.2. The van der Waals surface area contributed by atoms with E-state index in [1.807, 2.05) is 0 Å². The SMILES string of the molecule is CN(CC(O)CNC(C)(C)CC1Cc2ccccc2C1)S(=O)(=O)c1ccc(CCC(=O)O)cc1. The number of aryl methyl sites for hydroxylation is 1. The molecule has 0 fully saturated rings. The van der Waals surface area contributed by atoms with Gasteiger partial charge in [-0.3, -0.25) is 4.79 Å². The van der Waals surface area contributed by atoms with Crippen LogP contribution in [0.5, 0.6) is 0 Å². The molecule has 0 aromatic heterocycles. The van der Waals surface area contributed by atoms with Gasteiger partial charge in [0.25, 0.3) is 0 Å². The van der Waals surface area contributed by atoms with Crippen LogP contribution in [-0.2, 0) is 34.1 Å². The fraction of sp³-hybridized carbons (Fsp3) is 0.500. The third-order valence-corrected chi connectivity index (χ3v) is 8.32. The number of aliphatic hydroxyl groups excluding tert-OH is 1. The van der Waals surface area contributed by atoms with Crippen molar-refractivity contribution < 1.29 is 23.4 Å². The molecule has 34 heavy (non-hydrogen) atoms. The Kier molecular flexibility index (Phi) is 8.52. The van der Waals surface area contributed by atoms with Crippen molar-refractivity contribution in [2.45, 2.75) is 62.5 Å². The van der Waals surface area contributed by atoms with Crippen LogP contribution >= 0.6 is 0 Å². The maximum absolute atomic E-state index is 12.9. The molecule has 0 saturated heterocycles. The van der Waals surface area contributed by atoms with Crippen LogP contribution in [0.25, 0.3) is 0 Å². The van der Waals surface area contributed by atoms with Gasteiger partial charge in [-0.15, -0.1) is 0 Å². The molecule has 3 N–H and O–H groups in total. The summed E-state index contributed by atoms with van der Waals surface area (Å²) in [6.07, 6.45) is 2.60. The van der Waals surface area contributed by atoms with Crippen molar-refractivity contribution in [1.29, 1.82) is 0 Å². The van der Waals surface area contributed by atoms with Crippen molar-refractivity contribution in [3.05, 3.63) is 65.2 Å². The van der Waals surface area contributed by atoms with Crippen LogP contribution in [0, 0.1) is 5.92 Å². The van der Waals surface area contributed by atoms with Gasteiger partial charge in [-0.2, -0.15) is 4.31 Å². The lowest BCUT2D eigenvalue weighted by molar-refractivity contribution is -0.136. The molecule has 0 aliphatic heterocycles. The maximum Gasteiger partial charge on any atom is 0.303 e. The molecular formula is C26H36N2O5S. The molecule has 3 rings (SSSR count). The molecule has 1 unspecified atom stereocenters. The fourth-order valence-corrected chi connectivity index (χ4v) is 5.91. The maximum atomic E-state index is 12.9. The Hall–Kier alpha value is -2.26. The number of rotatable bonds is 12. The summed E-state index contributed by atoms with van der Waals surface area (Å²) in [5.74, 6) is -0.339. The first-order chi connectivity index (χ1) is 16.0. The number of hydrogen-bond donors (Lipinski definition) is 3. The Bertz CT molecular complexity index is 1060. The average Bonchev–Trinajstić information content (AvgIpc) is 3.18. The lowest BCUT2D eigenvalue weighted by Gasteiger charge is -2.31. The topological polar surface area (TPSA) is 107 Å². The first-order valence-electron chi connectivity index (χ1n) is 11.7.